The van der Waals surface area contributed by atoms with E-state index in [-0.39, 0.29) is 25.7 Å². The highest BCUT2D eigenvalue weighted by atomic mass is 31.2. The third-order valence-electron chi connectivity index (χ3n) is 19.1. The van der Waals surface area contributed by atoms with Gasteiger partial charge in [-0.2, -0.15) is 0 Å². The van der Waals surface area contributed by atoms with Gasteiger partial charge in [-0.25, -0.2) is 9.13 Å². The molecular weight excluding hydrogens is 1320 g/mol. The molecule has 600 valence electrons. The van der Waals surface area contributed by atoms with Crippen LogP contribution in [-0.2, 0) is 65.4 Å². The van der Waals surface area contributed by atoms with Crippen LogP contribution >= 0.6 is 15.6 Å². The lowest BCUT2D eigenvalue weighted by molar-refractivity contribution is -0.161. The van der Waals surface area contributed by atoms with Gasteiger partial charge in [0, 0.05) is 25.7 Å². The van der Waals surface area contributed by atoms with Crippen LogP contribution in [0.5, 0.6) is 0 Å². The first-order valence-corrected chi connectivity index (χ1v) is 45.3. The van der Waals surface area contributed by atoms with E-state index in [2.05, 4.69) is 48.5 Å². The van der Waals surface area contributed by atoms with Crippen molar-refractivity contribution in [3.05, 3.63) is 0 Å². The number of esters is 4. The minimum Gasteiger partial charge on any atom is -0.462 e. The van der Waals surface area contributed by atoms with Gasteiger partial charge in [0.25, 0.3) is 0 Å². The maximum absolute atomic E-state index is 13.1. The number of hydrogen-bond donors (Lipinski definition) is 3. The number of aliphatic hydroxyl groups excluding tert-OH is 1. The molecule has 3 N–H and O–H groups in total. The SMILES string of the molecule is CCCCCCCCCCCCCCCCC(=O)O[C@H](COC(=O)CCCCCCCCCCCCC(C)C)COP(=O)(O)OC[C@H](O)COP(=O)(O)OC[C@@H](COC(=O)CCCCCCCCCCCCCCCC(C)C)OC(=O)CCCCCCCCCCCCCCCCCC(C)C. The maximum atomic E-state index is 13.1. The fraction of sp³-hybridized carbons (Fsp3) is 0.951. The van der Waals surface area contributed by atoms with Crippen molar-refractivity contribution in [1.82, 2.24) is 0 Å². The van der Waals surface area contributed by atoms with Crippen molar-refractivity contribution in [3.8, 4) is 0 Å². The lowest BCUT2D eigenvalue weighted by Crippen LogP contribution is -2.30. The summed E-state index contributed by atoms with van der Waals surface area (Å²) in [4.78, 5) is 73.1. The Labute approximate surface area is 619 Å². The minimum absolute atomic E-state index is 0.108. The van der Waals surface area contributed by atoms with Gasteiger partial charge in [0.05, 0.1) is 26.4 Å². The lowest BCUT2D eigenvalue weighted by Gasteiger charge is -2.21. The molecule has 0 saturated heterocycles. The number of unbranched alkanes of at least 4 members (excludes halogenated alkanes) is 48. The van der Waals surface area contributed by atoms with Crippen LogP contribution < -0.4 is 0 Å². The van der Waals surface area contributed by atoms with E-state index in [1.165, 1.54) is 238 Å². The Balaban J connectivity index is 5.27. The summed E-state index contributed by atoms with van der Waals surface area (Å²) in [5, 5.41) is 10.7. The second-order valence-electron chi connectivity index (χ2n) is 30.9. The van der Waals surface area contributed by atoms with Gasteiger partial charge in [-0.1, -0.05) is 376 Å². The Hall–Kier alpha value is -1.94. The Morgan fingerprint density at radius 1 is 0.267 bits per heavy atom. The zero-order valence-corrected chi connectivity index (χ0v) is 68.2. The predicted molar refractivity (Wildman–Crippen MR) is 414 cm³/mol. The third-order valence-corrected chi connectivity index (χ3v) is 21.0. The van der Waals surface area contributed by atoms with E-state index in [4.69, 9.17) is 37.0 Å². The number of hydrogen-bond acceptors (Lipinski definition) is 15. The lowest BCUT2D eigenvalue weighted by atomic mass is 10.0. The van der Waals surface area contributed by atoms with Crippen LogP contribution in [0.1, 0.15) is 427 Å². The molecule has 19 heteroatoms. The number of ether oxygens (including phenoxy) is 4. The molecule has 0 radical (unpaired) electrons. The summed E-state index contributed by atoms with van der Waals surface area (Å²) in [5.74, 6) is 0.245. The maximum Gasteiger partial charge on any atom is 0.472 e. The Morgan fingerprint density at radius 3 is 0.673 bits per heavy atom. The molecule has 5 atom stereocenters. The molecule has 0 aliphatic rings. The highest BCUT2D eigenvalue weighted by molar-refractivity contribution is 7.47. The Kier molecular flexibility index (Phi) is 70.9. The summed E-state index contributed by atoms with van der Waals surface area (Å²) >= 11 is 0. The predicted octanol–water partition coefficient (Wildman–Crippen LogP) is 24.5. The second kappa shape index (κ2) is 72.3. The Bertz CT molecular complexity index is 1960. The van der Waals surface area contributed by atoms with E-state index in [0.29, 0.717) is 25.7 Å². The Morgan fingerprint density at radius 2 is 0.455 bits per heavy atom. The average molecular weight is 1480 g/mol. The van der Waals surface area contributed by atoms with Crippen molar-refractivity contribution in [1.29, 1.82) is 0 Å². The van der Waals surface area contributed by atoms with E-state index >= 15 is 0 Å². The number of aliphatic hydroxyl groups is 1. The molecule has 0 heterocycles. The standard InChI is InChI=1S/C82H160O17P2/c1-8-9-10-11-12-13-14-15-22-28-37-44-51-58-65-81(86)99-78(70-93-80(85)64-57-50-43-36-31-30-34-41-48-55-62-75(6)7)72-97-101(90,91)95-68-76(83)67-94-100(88,89)96-71-77(69-92-79(84)63-56-49-42-35-27-24-19-21-26-33-40-47-54-61-74(4)5)98-82(87)66-59-52-45-38-29-23-18-16-17-20-25-32-39-46-53-60-73(2)3/h73-78,83H,8-72H2,1-7H3,(H,88,89)(H,90,91)/t76-,77-,78-/m1/s1. The molecule has 0 amide bonds. The monoisotopic (exact) mass is 1480 g/mol. The van der Waals surface area contributed by atoms with Gasteiger partial charge in [0.2, 0.25) is 0 Å². The van der Waals surface area contributed by atoms with Crippen LogP contribution in [0, 0.1) is 17.8 Å². The molecule has 0 aliphatic heterocycles. The molecule has 0 bridgehead atoms. The van der Waals surface area contributed by atoms with Crippen LogP contribution in [0.3, 0.4) is 0 Å². The summed E-state index contributed by atoms with van der Waals surface area (Å²) in [6, 6.07) is 0. The topological polar surface area (TPSA) is 237 Å². The third kappa shape index (κ3) is 76.1. The van der Waals surface area contributed by atoms with E-state index in [9.17, 15) is 43.2 Å². The van der Waals surface area contributed by atoms with Crippen LogP contribution in [0.2, 0.25) is 0 Å². The average Bonchev–Trinajstić information content (AvgIpc) is 0.980. The molecule has 0 aromatic rings. The first-order valence-electron chi connectivity index (χ1n) is 42.3. The van der Waals surface area contributed by atoms with E-state index < -0.39 is 97.5 Å². The van der Waals surface area contributed by atoms with E-state index in [0.717, 1.165) is 108 Å². The van der Waals surface area contributed by atoms with Crippen molar-refractivity contribution < 1.29 is 80.2 Å². The molecule has 0 rings (SSSR count). The van der Waals surface area contributed by atoms with E-state index in [1.807, 2.05) is 0 Å². The minimum atomic E-state index is -4.96. The van der Waals surface area contributed by atoms with Gasteiger partial charge in [0.15, 0.2) is 12.2 Å². The number of phosphoric acid groups is 2. The molecular formula is C82H160O17P2. The molecule has 0 saturated carbocycles. The highest BCUT2D eigenvalue weighted by Gasteiger charge is 2.30. The zero-order valence-electron chi connectivity index (χ0n) is 66.4. The van der Waals surface area contributed by atoms with Crippen LogP contribution in [0.15, 0.2) is 0 Å². The summed E-state index contributed by atoms with van der Waals surface area (Å²) in [6.45, 7) is 12.0. The van der Waals surface area contributed by atoms with Gasteiger partial charge in [-0.3, -0.25) is 37.3 Å². The first kappa shape index (κ1) is 99.1. The second-order valence-corrected chi connectivity index (χ2v) is 33.8. The van der Waals surface area contributed by atoms with Gasteiger partial charge >= 0.3 is 39.5 Å². The first-order chi connectivity index (χ1) is 48.7. The molecule has 0 aliphatic carbocycles. The fourth-order valence-electron chi connectivity index (χ4n) is 12.7. The molecule has 101 heavy (non-hydrogen) atoms. The summed E-state index contributed by atoms with van der Waals surface area (Å²) < 4.78 is 68.8. The number of carbonyl (C=O) groups excluding carboxylic acids is 4. The van der Waals surface area contributed by atoms with Gasteiger partial charge in [-0.05, 0) is 43.4 Å². The highest BCUT2D eigenvalue weighted by Crippen LogP contribution is 2.45. The smallest absolute Gasteiger partial charge is 0.462 e. The molecule has 0 aromatic carbocycles. The van der Waals surface area contributed by atoms with Crippen molar-refractivity contribution in [3.63, 3.8) is 0 Å². The number of phosphoric ester groups is 2. The largest absolute Gasteiger partial charge is 0.472 e. The van der Waals surface area contributed by atoms with Crippen molar-refractivity contribution in [2.45, 2.75) is 446 Å². The van der Waals surface area contributed by atoms with Gasteiger partial charge in [0.1, 0.15) is 19.3 Å². The fourth-order valence-corrected chi connectivity index (χ4v) is 14.2. The van der Waals surface area contributed by atoms with Crippen LogP contribution in [0.25, 0.3) is 0 Å². The number of carbonyl (C=O) groups is 4. The van der Waals surface area contributed by atoms with Crippen molar-refractivity contribution in [2.24, 2.45) is 17.8 Å². The molecule has 0 fully saturated rings. The molecule has 0 aromatic heterocycles. The van der Waals surface area contributed by atoms with Crippen LogP contribution in [0.4, 0.5) is 0 Å². The van der Waals surface area contributed by atoms with Crippen molar-refractivity contribution >= 4 is 39.5 Å². The van der Waals surface area contributed by atoms with E-state index in [1.54, 1.807) is 0 Å². The molecule has 2 unspecified atom stereocenters. The van der Waals surface area contributed by atoms with Gasteiger partial charge < -0.3 is 33.8 Å². The van der Waals surface area contributed by atoms with Gasteiger partial charge in [-0.15, -0.1) is 0 Å². The number of rotatable bonds is 80. The summed E-state index contributed by atoms with van der Waals surface area (Å²) in [5.41, 5.74) is 0. The normalized spacial score (nSPS) is 14.0. The summed E-state index contributed by atoms with van der Waals surface area (Å²) in [6.07, 6.45) is 60.9. The zero-order chi connectivity index (χ0) is 74.4. The van der Waals surface area contributed by atoms with Crippen molar-refractivity contribution in [2.75, 3.05) is 39.6 Å². The molecule has 17 nitrogen and oxygen atoms in total. The quantitative estimate of drug-likeness (QED) is 0.0222. The summed E-state index contributed by atoms with van der Waals surface area (Å²) in [7, 11) is -9.92. The van der Waals surface area contributed by atoms with Crippen LogP contribution in [-0.4, -0.2) is 96.7 Å². The molecule has 0 spiro atoms.